The van der Waals surface area contributed by atoms with Gasteiger partial charge < -0.3 is 5.32 Å². The van der Waals surface area contributed by atoms with Crippen molar-refractivity contribution in [3.8, 4) is 0 Å². The number of benzene rings is 2. The van der Waals surface area contributed by atoms with Crippen molar-refractivity contribution in [2.45, 2.75) is 12.7 Å². The summed E-state index contributed by atoms with van der Waals surface area (Å²) in [5, 5.41) is 3.13. The maximum absolute atomic E-state index is 13.0. The molecule has 0 unspecified atom stereocenters. The molecule has 0 atom stereocenters. The van der Waals surface area contributed by atoms with Gasteiger partial charge in [0, 0.05) is 22.9 Å². The molecule has 1 aromatic heterocycles. The lowest BCUT2D eigenvalue weighted by Crippen LogP contribution is -2.18. The fourth-order valence-electron chi connectivity index (χ4n) is 2.60. The number of carbonyl (C=O) groups excluding carboxylic acids is 1. The van der Waals surface area contributed by atoms with Crippen LogP contribution in [0.3, 0.4) is 0 Å². The Morgan fingerprint density at radius 2 is 1.82 bits per heavy atom. The highest BCUT2D eigenvalue weighted by Crippen LogP contribution is 2.35. The molecule has 0 radical (unpaired) electrons. The first-order valence-electron chi connectivity index (χ1n) is 8.23. The molecule has 0 bridgehead atoms. The summed E-state index contributed by atoms with van der Waals surface area (Å²) in [4.78, 5) is 17.1. The molecule has 1 heterocycles. The molecule has 144 valence electrons. The molecular weight excluding hydrogens is 435 g/mol. The minimum Gasteiger partial charge on any atom is -0.364 e. The Labute approximate surface area is 168 Å². The second-order valence-corrected chi connectivity index (χ2v) is 6.79. The van der Waals surface area contributed by atoms with Crippen molar-refractivity contribution in [3.05, 3.63) is 82.5 Å². The van der Waals surface area contributed by atoms with Crippen molar-refractivity contribution < 1.29 is 18.0 Å². The van der Waals surface area contributed by atoms with Crippen LogP contribution in [0.25, 0.3) is 0 Å². The van der Waals surface area contributed by atoms with E-state index in [1.165, 1.54) is 12.1 Å². The van der Waals surface area contributed by atoms with Crippen LogP contribution in [0.1, 0.15) is 11.1 Å². The van der Waals surface area contributed by atoms with E-state index in [4.69, 9.17) is 0 Å². The molecule has 4 nitrogen and oxygen atoms in total. The van der Waals surface area contributed by atoms with Crippen molar-refractivity contribution in [2.75, 3.05) is 10.2 Å². The predicted octanol–water partition coefficient (Wildman–Crippen LogP) is 5.77. The molecular formula is C20H15BrF3N3O. The zero-order valence-electron chi connectivity index (χ0n) is 14.4. The van der Waals surface area contributed by atoms with E-state index in [0.29, 0.717) is 24.5 Å². The molecule has 0 aliphatic heterocycles. The Bertz CT molecular complexity index is 961. The highest BCUT2D eigenvalue weighted by Gasteiger charge is 2.31. The number of hydrogen-bond acceptors (Lipinski definition) is 3. The van der Waals surface area contributed by atoms with E-state index >= 15 is 0 Å². The molecule has 0 spiro atoms. The number of nitrogens with one attached hydrogen (secondary N) is 1. The monoisotopic (exact) mass is 449 g/mol. The zero-order chi connectivity index (χ0) is 20.1. The molecule has 3 rings (SSSR count). The van der Waals surface area contributed by atoms with Crippen LogP contribution in [0.2, 0.25) is 0 Å². The molecule has 8 heteroatoms. The quantitative estimate of drug-likeness (QED) is 0.485. The lowest BCUT2D eigenvalue weighted by Gasteiger charge is -2.21. The Morgan fingerprint density at radius 1 is 1.07 bits per heavy atom. The van der Waals surface area contributed by atoms with Crippen LogP contribution in [-0.2, 0) is 17.5 Å². The van der Waals surface area contributed by atoms with Gasteiger partial charge in [-0.25, -0.2) is 4.98 Å². The Kier molecular flexibility index (Phi) is 5.99. The van der Waals surface area contributed by atoms with E-state index in [1.54, 1.807) is 18.3 Å². The fraction of sp³-hybridized carbons (Fsp3) is 0.100. The van der Waals surface area contributed by atoms with E-state index in [0.717, 1.165) is 27.1 Å². The second-order valence-electron chi connectivity index (χ2n) is 5.87. The highest BCUT2D eigenvalue weighted by molar-refractivity contribution is 9.10. The maximum Gasteiger partial charge on any atom is 0.416 e. The predicted molar refractivity (Wildman–Crippen MR) is 105 cm³/mol. The van der Waals surface area contributed by atoms with Gasteiger partial charge in [-0.05, 0) is 48.0 Å². The van der Waals surface area contributed by atoms with Crippen molar-refractivity contribution >= 4 is 39.5 Å². The van der Waals surface area contributed by atoms with Gasteiger partial charge in [-0.1, -0.05) is 34.1 Å². The van der Waals surface area contributed by atoms with Gasteiger partial charge in [-0.2, -0.15) is 13.2 Å². The molecule has 3 aromatic rings. The lowest BCUT2D eigenvalue weighted by atomic mass is 10.1. The van der Waals surface area contributed by atoms with E-state index < -0.39 is 11.7 Å². The molecule has 0 fully saturated rings. The number of nitrogens with zero attached hydrogens (tertiary/aromatic N) is 2. The number of hydrogen-bond donors (Lipinski definition) is 1. The molecule has 0 saturated carbocycles. The fourth-order valence-corrected chi connectivity index (χ4v) is 2.87. The molecule has 1 amide bonds. The maximum atomic E-state index is 13.0. The summed E-state index contributed by atoms with van der Waals surface area (Å²) in [6.45, 7) is 0.437. The number of aromatic nitrogens is 1. The third-order valence-electron chi connectivity index (χ3n) is 3.98. The number of anilines is 3. The number of rotatable bonds is 6. The van der Waals surface area contributed by atoms with Gasteiger partial charge in [-0.15, -0.1) is 0 Å². The van der Waals surface area contributed by atoms with Gasteiger partial charge in [0.25, 0.3) is 0 Å². The van der Waals surface area contributed by atoms with Crippen molar-refractivity contribution in [1.29, 1.82) is 0 Å². The van der Waals surface area contributed by atoms with Crippen molar-refractivity contribution in [2.24, 2.45) is 0 Å². The van der Waals surface area contributed by atoms with Gasteiger partial charge >= 0.3 is 6.18 Å². The van der Waals surface area contributed by atoms with E-state index in [9.17, 15) is 18.0 Å². The van der Waals surface area contributed by atoms with Crippen LogP contribution in [0.15, 0.2) is 71.3 Å². The van der Waals surface area contributed by atoms with Gasteiger partial charge in [0.15, 0.2) is 5.82 Å². The summed E-state index contributed by atoms with van der Waals surface area (Å²) in [5.74, 6) is 0.384. The molecule has 0 aliphatic carbocycles. The summed E-state index contributed by atoms with van der Waals surface area (Å²) in [5.41, 5.74) is 0.611. The lowest BCUT2D eigenvalue weighted by molar-refractivity contribution is -0.137. The first kappa shape index (κ1) is 19.9. The Hall–Kier alpha value is -2.87. The number of halogens is 4. The topological polar surface area (TPSA) is 45.2 Å². The number of alkyl halides is 3. The van der Waals surface area contributed by atoms with Crippen LogP contribution in [0.4, 0.5) is 30.4 Å². The minimum absolute atomic E-state index is 0.101. The SMILES string of the molecule is O=CN(c1cccc(C(F)(F)F)c1)c1cccnc1NCc1ccc(Br)cc1. The first-order chi connectivity index (χ1) is 13.4. The van der Waals surface area contributed by atoms with E-state index in [-0.39, 0.29) is 5.69 Å². The molecule has 28 heavy (non-hydrogen) atoms. The van der Waals surface area contributed by atoms with Crippen LogP contribution >= 0.6 is 15.9 Å². The van der Waals surface area contributed by atoms with E-state index in [2.05, 4.69) is 26.2 Å². The van der Waals surface area contributed by atoms with Crippen molar-refractivity contribution in [1.82, 2.24) is 4.98 Å². The van der Waals surface area contributed by atoms with Gasteiger partial charge in [0.2, 0.25) is 6.41 Å². The summed E-state index contributed by atoms with van der Waals surface area (Å²) in [6.07, 6.45) is -2.48. The molecule has 1 N–H and O–H groups in total. The normalized spacial score (nSPS) is 11.1. The van der Waals surface area contributed by atoms with Gasteiger partial charge in [0.05, 0.1) is 11.3 Å². The zero-order valence-corrected chi connectivity index (χ0v) is 16.0. The number of amides is 1. The van der Waals surface area contributed by atoms with Gasteiger partial charge in [0.1, 0.15) is 0 Å². The summed E-state index contributed by atoms with van der Waals surface area (Å²) >= 11 is 3.37. The summed E-state index contributed by atoms with van der Waals surface area (Å²) in [6, 6.07) is 15.5. The number of carbonyl (C=O) groups is 1. The Balaban J connectivity index is 1.89. The third-order valence-corrected chi connectivity index (χ3v) is 4.50. The molecule has 0 aliphatic rings. The third kappa shape index (κ3) is 4.69. The average Bonchev–Trinajstić information content (AvgIpc) is 2.69. The highest BCUT2D eigenvalue weighted by atomic mass is 79.9. The summed E-state index contributed by atoms with van der Waals surface area (Å²) < 4.78 is 40.0. The second kappa shape index (κ2) is 8.43. The van der Waals surface area contributed by atoms with Crippen LogP contribution < -0.4 is 10.2 Å². The largest absolute Gasteiger partial charge is 0.416 e. The van der Waals surface area contributed by atoms with Crippen molar-refractivity contribution in [3.63, 3.8) is 0 Å². The molecule has 0 saturated heterocycles. The molecule has 2 aromatic carbocycles. The standard InChI is InChI=1S/C20H15BrF3N3O/c21-16-8-6-14(7-9-16)12-26-19-18(5-2-10-25-19)27(13-28)17-4-1-3-15(11-17)20(22,23)24/h1-11,13H,12H2,(H,25,26). The van der Waals surface area contributed by atoms with Crippen LogP contribution in [0, 0.1) is 0 Å². The van der Waals surface area contributed by atoms with Gasteiger partial charge in [-0.3, -0.25) is 9.69 Å². The first-order valence-corrected chi connectivity index (χ1v) is 9.03. The minimum atomic E-state index is -4.50. The van der Waals surface area contributed by atoms with Crippen LogP contribution in [-0.4, -0.2) is 11.4 Å². The Morgan fingerprint density at radius 3 is 2.50 bits per heavy atom. The summed E-state index contributed by atoms with van der Waals surface area (Å²) in [7, 11) is 0. The average molecular weight is 450 g/mol. The number of pyridine rings is 1. The smallest absolute Gasteiger partial charge is 0.364 e. The van der Waals surface area contributed by atoms with E-state index in [1.807, 2.05) is 24.3 Å². The van der Waals surface area contributed by atoms with Crippen LogP contribution in [0.5, 0.6) is 0 Å².